The number of rotatable bonds is 3. The number of allylic oxidation sites excluding steroid dienone is 4. The van der Waals surface area contributed by atoms with E-state index >= 15 is 0 Å². The van der Waals surface area contributed by atoms with Crippen molar-refractivity contribution in [3.05, 3.63) is 101 Å². The van der Waals surface area contributed by atoms with Gasteiger partial charge in [-0.2, -0.15) is 0 Å². The number of fused-ring (bicyclic) bond motifs is 1. The Bertz CT molecular complexity index is 768. The molecule has 0 saturated heterocycles. The first-order valence-corrected chi connectivity index (χ1v) is 9.08. The van der Waals surface area contributed by atoms with Gasteiger partial charge in [0.2, 0.25) is 0 Å². The van der Waals surface area contributed by atoms with Gasteiger partial charge in [0.25, 0.3) is 0 Å². The molecule has 0 amide bonds. The first kappa shape index (κ1) is 27.4. The van der Waals surface area contributed by atoms with Gasteiger partial charge in [0.05, 0.1) is 0 Å². The Kier molecular flexibility index (Phi) is 11.9. The Labute approximate surface area is 203 Å². The zero-order valence-electron chi connectivity index (χ0n) is 16.3. The Morgan fingerprint density at radius 2 is 1.46 bits per heavy atom. The topological polar surface area (TPSA) is 0 Å². The Morgan fingerprint density at radius 3 is 2.00 bits per heavy atom. The molecule has 28 heavy (non-hydrogen) atoms. The van der Waals surface area contributed by atoms with Crippen molar-refractivity contribution in [2.75, 3.05) is 0 Å². The minimum Gasteiger partial charge on any atom is -1.00 e. The van der Waals surface area contributed by atoms with Crippen LogP contribution in [0.2, 0.25) is 0 Å². The predicted octanol–water partition coefficient (Wildman–Crippen LogP) is -2.68. The van der Waals surface area contributed by atoms with Crippen molar-refractivity contribution in [2.24, 2.45) is 5.92 Å². The molecule has 2 aromatic rings. The molecule has 146 valence electrons. The molecule has 0 nitrogen and oxygen atoms in total. The summed E-state index contributed by atoms with van der Waals surface area (Å²) in [5.41, 5.74) is 7.17. The Hall–Kier alpha value is -0.626. The molecular weight excluding hydrogens is 442 g/mol. The van der Waals surface area contributed by atoms with E-state index in [0.29, 0.717) is 5.92 Å². The van der Waals surface area contributed by atoms with E-state index in [0.717, 1.165) is 5.92 Å². The minimum absolute atomic E-state index is 0. The van der Waals surface area contributed by atoms with E-state index in [1.54, 1.807) is 11.5 Å². The minimum atomic E-state index is 0. The molecule has 0 aliphatic heterocycles. The van der Waals surface area contributed by atoms with Crippen LogP contribution in [0.15, 0.2) is 72.3 Å². The first-order chi connectivity index (χ1) is 11.7. The van der Waals surface area contributed by atoms with E-state index in [1.165, 1.54) is 41.5 Å². The summed E-state index contributed by atoms with van der Waals surface area (Å²) in [6, 6.07) is 18.1. The van der Waals surface area contributed by atoms with Gasteiger partial charge >= 0.3 is 21.7 Å². The summed E-state index contributed by atoms with van der Waals surface area (Å²) in [5, 5.41) is 0. The third kappa shape index (κ3) is 5.71. The van der Waals surface area contributed by atoms with Crippen molar-refractivity contribution >= 4 is 0 Å². The van der Waals surface area contributed by atoms with E-state index in [4.69, 9.17) is 0 Å². The predicted molar refractivity (Wildman–Crippen MR) is 102 cm³/mol. The third-order valence-electron chi connectivity index (χ3n) is 5.50. The Morgan fingerprint density at radius 1 is 0.893 bits per heavy atom. The van der Waals surface area contributed by atoms with Gasteiger partial charge in [-0.25, -0.2) is 17.6 Å². The molecule has 1 saturated carbocycles. The van der Waals surface area contributed by atoms with Gasteiger partial charge in [-0.05, 0) is 32.1 Å². The molecule has 0 radical (unpaired) electrons. The molecule has 4 heteroatoms. The smallest absolute Gasteiger partial charge is 1.00 e. The van der Waals surface area contributed by atoms with E-state index in [2.05, 4.69) is 80.6 Å². The third-order valence-corrected chi connectivity index (χ3v) is 5.50. The summed E-state index contributed by atoms with van der Waals surface area (Å²) < 4.78 is 0. The van der Waals surface area contributed by atoms with Gasteiger partial charge in [0.1, 0.15) is 0 Å². The van der Waals surface area contributed by atoms with Crippen molar-refractivity contribution in [1.82, 2.24) is 0 Å². The number of benzene rings is 2. The van der Waals surface area contributed by atoms with Crippen LogP contribution in [-0.4, -0.2) is 0 Å². The summed E-state index contributed by atoms with van der Waals surface area (Å²) >= 11 is 0. The molecule has 1 fully saturated rings. The van der Waals surface area contributed by atoms with Crippen LogP contribution < -0.4 is 37.2 Å². The second kappa shape index (κ2) is 12.2. The van der Waals surface area contributed by atoms with Crippen molar-refractivity contribution in [1.29, 1.82) is 0 Å². The average molecular weight is 468 g/mol. The molecule has 2 aromatic carbocycles. The standard InChI is InChI=1S/C24H25.3ClH.Ti/c1-17-7-5-10-20(15-17)24(21-11-6-8-18(2)16-21)23-14-13-19-9-3-4-12-22(19)23;;;;/h3-8,10-12,15-16,19,24H,9,13-14H2,1-2H3;3*1H;/q-1;;;;+4/p-3. The SMILES string of the molecule is Cc1cccc(C(c2cccc(C)c2)[C-]2CCC3CC=CC=C23)c1.[Cl-].[Cl-].[Cl-].[Ti+4]. The number of hydrogen-bond donors (Lipinski definition) is 0. The Balaban J connectivity index is 0.00000182. The van der Waals surface area contributed by atoms with Crippen LogP contribution in [-0.2, 0) is 21.7 Å². The monoisotopic (exact) mass is 466 g/mol. The number of aryl methyl sites for hydroxylation is 2. The molecular formula is C24H25Cl3Ti. The van der Waals surface area contributed by atoms with Crippen molar-refractivity contribution in [3.8, 4) is 0 Å². The summed E-state index contributed by atoms with van der Waals surface area (Å²) in [7, 11) is 0. The normalized spacial score (nSPS) is 16.8. The fourth-order valence-corrected chi connectivity index (χ4v) is 4.40. The molecule has 2 aliphatic carbocycles. The van der Waals surface area contributed by atoms with Crippen molar-refractivity contribution < 1.29 is 58.9 Å². The quantitative estimate of drug-likeness (QED) is 0.341. The summed E-state index contributed by atoms with van der Waals surface area (Å²) in [5.74, 6) is 2.77. The van der Waals surface area contributed by atoms with Gasteiger partial charge < -0.3 is 37.2 Å². The van der Waals surface area contributed by atoms with E-state index in [-0.39, 0.29) is 58.9 Å². The van der Waals surface area contributed by atoms with Gasteiger partial charge in [0, 0.05) is 0 Å². The van der Waals surface area contributed by atoms with Crippen LogP contribution in [0.3, 0.4) is 0 Å². The molecule has 0 heterocycles. The van der Waals surface area contributed by atoms with Crippen LogP contribution in [0.5, 0.6) is 0 Å². The van der Waals surface area contributed by atoms with Crippen LogP contribution in [0.25, 0.3) is 0 Å². The van der Waals surface area contributed by atoms with Crippen LogP contribution in [0.4, 0.5) is 0 Å². The second-order valence-electron chi connectivity index (χ2n) is 7.31. The zero-order chi connectivity index (χ0) is 16.5. The van der Waals surface area contributed by atoms with E-state index in [9.17, 15) is 0 Å². The maximum absolute atomic E-state index is 2.37. The molecule has 1 atom stereocenters. The molecule has 0 aromatic heterocycles. The maximum Gasteiger partial charge on any atom is 4.00 e. The van der Waals surface area contributed by atoms with Gasteiger partial charge in [0.15, 0.2) is 0 Å². The van der Waals surface area contributed by atoms with Gasteiger partial charge in [-0.3, -0.25) is 0 Å². The van der Waals surface area contributed by atoms with Crippen LogP contribution in [0, 0.1) is 25.7 Å². The molecule has 0 spiro atoms. The first-order valence-electron chi connectivity index (χ1n) is 9.08. The molecule has 2 aliphatic rings. The fourth-order valence-electron chi connectivity index (χ4n) is 4.40. The van der Waals surface area contributed by atoms with Crippen LogP contribution in [0.1, 0.15) is 47.4 Å². The average Bonchev–Trinajstić information content (AvgIpc) is 2.99. The largest absolute Gasteiger partial charge is 4.00 e. The van der Waals surface area contributed by atoms with E-state index in [1.807, 2.05) is 0 Å². The summed E-state index contributed by atoms with van der Waals surface area (Å²) in [4.78, 5) is 0. The molecule has 1 unspecified atom stereocenters. The fraction of sp³-hybridized carbons (Fsp3) is 0.292. The zero-order valence-corrected chi connectivity index (χ0v) is 20.1. The second-order valence-corrected chi connectivity index (χ2v) is 7.31. The molecule has 0 N–H and O–H groups in total. The van der Waals surface area contributed by atoms with Crippen LogP contribution >= 0.6 is 0 Å². The van der Waals surface area contributed by atoms with Gasteiger partial charge in [-0.1, -0.05) is 83.6 Å². The number of halogens is 3. The molecule has 4 rings (SSSR count). The summed E-state index contributed by atoms with van der Waals surface area (Å²) in [6.45, 7) is 4.39. The van der Waals surface area contributed by atoms with Gasteiger partial charge in [-0.15, -0.1) is 12.2 Å². The maximum atomic E-state index is 2.37. The van der Waals surface area contributed by atoms with Crippen molar-refractivity contribution in [2.45, 2.75) is 39.0 Å². The van der Waals surface area contributed by atoms with Crippen molar-refractivity contribution in [3.63, 3.8) is 0 Å². The van der Waals surface area contributed by atoms with E-state index < -0.39 is 0 Å². The summed E-state index contributed by atoms with van der Waals surface area (Å²) in [6.07, 6.45) is 10.7. The number of hydrogen-bond acceptors (Lipinski definition) is 0. The molecule has 0 bridgehead atoms.